The van der Waals surface area contributed by atoms with Crippen molar-refractivity contribution < 1.29 is 23.8 Å². The van der Waals surface area contributed by atoms with Crippen LogP contribution in [0.4, 0.5) is 24.6 Å². The first-order valence-electron chi connectivity index (χ1n) is 3.62. The van der Waals surface area contributed by atoms with Gasteiger partial charge in [-0.3, -0.25) is 0 Å². The summed E-state index contributed by atoms with van der Waals surface area (Å²) in [5.41, 5.74) is -2.47. The number of non-ortho nitro benzene ring substituents is 1. The third-order valence-electron chi connectivity index (χ3n) is 1.62. The second kappa shape index (κ2) is 4.47. The van der Waals surface area contributed by atoms with Crippen molar-refractivity contribution in [1.82, 2.24) is 0 Å². The van der Waals surface area contributed by atoms with Gasteiger partial charge < -0.3 is 0 Å². The maximum atomic E-state index is 12.4. The van der Waals surface area contributed by atoms with Crippen LogP contribution in [-0.4, -0.2) is 4.92 Å². The van der Waals surface area contributed by atoms with E-state index in [0.717, 1.165) is 0 Å². The minimum absolute atomic E-state index is 0.138. The number of hydrogen-bond donors (Lipinski definition) is 0. The summed E-state index contributed by atoms with van der Waals surface area (Å²) in [5.74, 6) is 0. The molecular weight excluding hydrogens is 352 g/mol. The molecule has 0 fully saturated rings. The van der Waals surface area contributed by atoms with E-state index in [1.807, 2.05) is 0 Å². The van der Waals surface area contributed by atoms with Crippen LogP contribution in [0.15, 0.2) is 18.2 Å². The molecule has 1 rings (SSSR count). The first-order valence-corrected chi connectivity index (χ1v) is 6.33. The average Bonchev–Trinajstić information content (AvgIpc) is 2.15. The summed E-state index contributed by atoms with van der Waals surface area (Å²) in [6.45, 7) is 0. The second-order valence-electron chi connectivity index (χ2n) is 2.62. The van der Waals surface area contributed by atoms with Crippen LogP contribution >= 0.6 is 21.0 Å². The Bertz CT molecular complexity index is 420. The molecular formula is C7H3F5INO2. The Kier molecular flexibility index (Phi) is 3.65. The number of nitrogens with zero attached hydrogens (tertiary/aromatic N) is 1. The van der Waals surface area contributed by atoms with Crippen LogP contribution in [0.5, 0.6) is 0 Å². The summed E-state index contributed by atoms with van der Waals surface area (Å²) in [4.78, 5) is 9.16. The molecule has 0 unspecified atom stereocenters. The molecule has 0 saturated carbocycles. The number of nitro benzene ring substituents is 1. The maximum absolute atomic E-state index is 12.4. The Morgan fingerprint density at radius 1 is 1.25 bits per heavy atom. The summed E-state index contributed by atoms with van der Waals surface area (Å²) in [7, 11) is 0. The van der Waals surface area contributed by atoms with Crippen molar-refractivity contribution in [1.29, 1.82) is 0 Å². The Hall–Kier alpha value is -1.00. The molecule has 0 radical (unpaired) electrons. The Balaban J connectivity index is 3.39. The monoisotopic (exact) mass is 355 g/mol. The van der Waals surface area contributed by atoms with Gasteiger partial charge in [0.2, 0.25) is 0 Å². The molecule has 0 aliphatic carbocycles. The van der Waals surface area contributed by atoms with Gasteiger partial charge in [-0.25, -0.2) is 0 Å². The predicted octanol–water partition coefficient (Wildman–Crippen LogP) is 4.06. The second-order valence-corrected chi connectivity index (χ2v) is 4.90. The molecule has 0 amide bonds. The van der Waals surface area contributed by atoms with Gasteiger partial charge in [0.1, 0.15) is 0 Å². The van der Waals surface area contributed by atoms with Crippen LogP contribution in [0.1, 0.15) is 5.56 Å². The Morgan fingerprint density at radius 3 is 2.19 bits per heavy atom. The van der Waals surface area contributed by atoms with Crippen LogP contribution in [0.2, 0.25) is 0 Å². The molecule has 90 valence electrons. The number of nitro groups is 1. The van der Waals surface area contributed by atoms with Crippen molar-refractivity contribution in [2.24, 2.45) is 0 Å². The van der Waals surface area contributed by atoms with Crippen LogP contribution < -0.4 is 0 Å². The number of benzene rings is 1. The molecule has 1 aromatic carbocycles. The quantitative estimate of drug-likeness (QED) is 0.348. The van der Waals surface area contributed by atoms with E-state index in [1.54, 1.807) is 0 Å². The SMILES string of the molecule is O=[N+]([O-])c1ccc(I(F)F)c(C(F)(F)F)c1. The van der Waals surface area contributed by atoms with E-state index in [-0.39, 0.29) is 6.07 Å². The molecule has 1 aromatic rings. The number of rotatable bonds is 2. The fourth-order valence-electron chi connectivity index (χ4n) is 0.969. The van der Waals surface area contributed by atoms with E-state index in [9.17, 15) is 29.0 Å². The van der Waals surface area contributed by atoms with Crippen molar-refractivity contribution in [2.45, 2.75) is 6.18 Å². The number of alkyl halides is 3. The first-order chi connectivity index (χ1) is 7.23. The van der Waals surface area contributed by atoms with E-state index >= 15 is 0 Å². The average molecular weight is 355 g/mol. The molecule has 0 bridgehead atoms. The molecule has 0 aliphatic rings. The third-order valence-corrected chi connectivity index (χ3v) is 3.44. The molecule has 0 aliphatic heterocycles. The van der Waals surface area contributed by atoms with Gasteiger partial charge in [-0.2, -0.15) is 0 Å². The van der Waals surface area contributed by atoms with Gasteiger partial charge in [-0.1, -0.05) is 0 Å². The van der Waals surface area contributed by atoms with E-state index in [4.69, 9.17) is 0 Å². The van der Waals surface area contributed by atoms with E-state index in [2.05, 4.69) is 0 Å². The standard InChI is InChI=1S/C7H3F5INO2/c8-7(9,10)5-3-4(14(15)16)1-2-6(5)13(11)12/h1-3H. The molecule has 0 spiro atoms. The van der Waals surface area contributed by atoms with Gasteiger partial charge in [-0.05, 0) is 0 Å². The van der Waals surface area contributed by atoms with Gasteiger partial charge in [0, 0.05) is 0 Å². The molecule has 16 heavy (non-hydrogen) atoms. The molecule has 0 heterocycles. The van der Waals surface area contributed by atoms with E-state index in [1.165, 1.54) is 0 Å². The van der Waals surface area contributed by atoms with Gasteiger partial charge >= 0.3 is 94.1 Å². The van der Waals surface area contributed by atoms with E-state index in [0.29, 0.717) is 12.1 Å². The zero-order valence-electron chi connectivity index (χ0n) is 7.26. The normalized spacial score (nSPS) is 12.4. The summed E-state index contributed by atoms with van der Waals surface area (Å²) < 4.78 is 60.6. The topological polar surface area (TPSA) is 43.1 Å². The van der Waals surface area contributed by atoms with Gasteiger partial charge in [0.05, 0.1) is 0 Å². The van der Waals surface area contributed by atoms with Crippen LogP contribution in [-0.2, 0) is 6.18 Å². The zero-order valence-corrected chi connectivity index (χ0v) is 9.42. The first kappa shape index (κ1) is 13.1. The summed E-state index contributed by atoms with van der Waals surface area (Å²) in [6, 6.07) is 1.26. The Labute approximate surface area is 94.4 Å². The molecule has 0 saturated heterocycles. The predicted molar refractivity (Wildman–Crippen MR) is 53.0 cm³/mol. The van der Waals surface area contributed by atoms with Crippen molar-refractivity contribution in [2.75, 3.05) is 0 Å². The van der Waals surface area contributed by atoms with Crippen molar-refractivity contribution in [3.63, 3.8) is 0 Å². The summed E-state index contributed by atoms with van der Waals surface area (Å²) >= 11 is -4.83. The molecule has 9 heteroatoms. The number of hydrogen-bond acceptors (Lipinski definition) is 2. The summed E-state index contributed by atoms with van der Waals surface area (Å²) in [6.07, 6.45) is -5.00. The van der Waals surface area contributed by atoms with Gasteiger partial charge in [-0.15, -0.1) is 0 Å². The fraction of sp³-hybridized carbons (Fsp3) is 0.143. The van der Waals surface area contributed by atoms with Gasteiger partial charge in [0.15, 0.2) is 0 Å². The number of halogens is 6. The van der Waals surface area contributed by atoms with Crippen molar-refractivity contribution in [3.8, 4) is 0 Å². The van der Waals surface area contributed by atoms with Crippen molar-refractivity contribution >= 4 is 26.7 Å². The van der Waals surface area contributed by atoms with Crippen molar-refractivity contribution in [3.05, 3.63) is 37.4 Å². The van der Waals surface area contributed by atoms with Crippen LogP contribution in [0.25, 0.3) is 0 Å². The Morgan fingerprint density at radius 2 is 1.81 bits per heavy atom. The molecule has 0 N–H and O–H groups in total. The minimum atomic E-state index is -5.00. The van der Waals surface area contributed by atoms with Crippen LogP contribution in [0.3, 0.4) is 0 Å². The van der Waals surface area contributed by atoms with Gasteiger partial charge in [0.25, 0.3) is 0 Å². The third kappa shape index (κ3) is 2.77. The zero-order chi connectivity index (χ0) is 12.5. The molecule has 3 nitrogen and oxygen atoms in total. The molecule has 0 aromatic heterocycles. The van der Waals surface area contributed by atoms with E-state index < -0.39 is 46.9 Å². The summed E-state index contributed by atoms with van der Waals surface area (Å²) in [5, 5.41) is 10.2. The van der Waals surface area contributed by atoms with Crippen LogP contribution in [0, 0.1) is 13.7 Å². The molecule has 0 atom stereocenters. The fourth-order valence-corrected chi connectivity index (χ4v) is 2.32.